The number of aromatic nitrogens is 3. The van der Waals surface area contributed by atoms with Crippen LogP contribution in [0.1, 0.15) is 36.4 Å². The number of hydrogen-bond donors (Lipinski definition) is 0. The molecule has 0 amide bonds. The normalized spacial score (nSPS) is 14.0. The first-order valence-corrected chi connectivity index (χ1v) is 9.29. The molecule has 0 aliphatic carbocycles. The zero-order valence-corrected chi connectivity index (χ0v) is 15.8. The van der Waals surface area contributed by atoms with Gasteiger partial charge in [-0.05, 0) is 50.1 Å². The summed E-state index contributed by atoms with van der Waals surface area (Å²) < 4.78 is 4.68. The molecule has 2 heterocycles. The fourth-order valence-corrected chi connectivity index (χ4v) is 3.84. The molecule has 0 aliphatic rings. The van der Waals surface area contributed by atoms with Crippen molar-refractivity contribution in [3.63, 3.8) is 0 Å². The van der Waals surface area contributed by atoms with E-state index in [9.17, 15) is 0 Å². The van der Waals surface area contributed by atoms with Crippen molar-refractivity contribution in [2.24, 2.45) is 0 Å². The lowest BCUT2D eigenvalue weighted by Crippen LogP contribution is -2.25. The van der Waals surface area contributed by atoms with Crippen LogP contribution in [0.15, 0.2) is 54.2 Å². The van der Waals surface area contributed by atoms with Crippen molar-refractivity contribution in [2.45, 2.75) is 32.6 Å². The maximum atomic E-state index is 5.65. The molecule has 0 radical (unpaired) electrons. The second kappa shape index (κ2) is 7.42. The highest BCUT2D eigenvalue weighted by Gasteiger charge is 2.16. The Kier molecular flexibility index (Phi) is 5.28. The van der Waals surface area contributed by atoms with Gasteiger partial charge in [0.15, 0.2) is 4.77 Å². The zero-order chi connectivity index (χ0) is 17.1. The van der Waals surface area contributed by atoms with Crippen molar-refractivity contribution in [1.82, 2.24) is 19.2 Å². The molecular weight excluding hydrogens is 336 g/mol. The fourth-order valence-electron chi connectivity index (χ4n) is 2.68. The number of hydrogen-bond acceptors (Lipinski definition) is 4. The van der Waals surface area contributed by atoms with E-state index in [1.165, 1.54) is 10.4 Å². The quantitative estimate of drug-likeness (QED) is 0.596. The molecule has 6 heteroatoms. The van der Waals surface area contributed by atoms with Gasteiger partial charge in [-0.2, -0.15) is 5.10 Å². The van der Waals surface area contributed by atoms with Gasteiger partial charge >= 0.3 is 0 Å². The molecule has 0 spiro atoms. The number of thiophene rings is 1. The molecule has 0 saturated heterocycles. The summed E-state index contributed by atoms with van der Waals surface area (Å²) in [5, 5.41) is 6.62. The van der Waals surface area contributed by atoms with E-state index in [0.29, 0.717) is 12.7 Å². The molecule has 2 atom stereocenters. The van der Waals surface area contributed by atoms with Crippen LogP contribution < -0.4 is 0 Å². The van der Waals surface area contributed by atoms with Gasteiger partial charge in [0, 0.05) is 10.9 Å². The summed E-state index contributed by atoms with van der Waals surface area (Å²) in [5.74, 6) is 0. The molecule has 126 valence electrons. The van der Waals surface area contributed by atoms with Crippen LogP contribution in [-0.4, -0.2) is 26.3 Å². The smallest absolute Gasteiger partial charge is 0.199 e. The van der Waals surface area contributed by atoms with Crippen molar-refractivity contribution in [1.29, 1.82) is 0 Å². The summed E-state index contributed by atoms with van der Waals surface area (Å²) in [4.78, 5) is 3.60. The molecule has 0 fully saturated rings. The Labute approximate surface area is 152 Å². The van der Waals surface area contributed by atoms with Crippen LogP contribution >= 0.6 is 23.6 Å². The highest BCUT2D eigenvalue weighted by Crippen LogP contribution is 2.24. The number of rotatable bonds is 6. The molecule has 24 heavy (non-hydrogen) atoms. The standard InChI is InChI=1S/C18H22N4S2/c1-14(16-8-5-4-6-9-16)21-12-19-22(18(21)23)13-20(3)15(2)17-10-7-11-24-17/h4-12,14-15H,13H2,1-3H3/t14-,15+/m1/s1. The zero-order valence-electron chi connectivity index (χ0n) is 14.2. The van der Waals surface area contributed by atoms with E-state index in [4.69, 9.17) is 12.2 Å². The van der Waals surface area contributed by atoms with Crippen molar-refractivity contribution in [2.75, 3.05) is 7.05 Å². The minimum absolute atomic E-state index is 0.174. The maximum Gasteiger partial charge on any atom is 0.199 e. The second-order valence-electron chi connectivity index (χ2n) is 6.00. The molecule has 2 aromatic heterocycles. The summed E-state index contributed by atoms with van der Waals surface area (Å²) in [5.41, 5.74) is 1.23. The highest BCUT2D eigenvalue weighted by atomic mass is 32.1. The van der Waals surface area contributed by atoms with Crippen molar-refractivity contribution >= 4 is 23.6 Å². The van der Waals surface area contributed by atoms with E-state index in [1.54, 1.807) is 11.3 Å². The van der Waals surface area contributed by atoms with Gasteiger partial charge in [0.05, 0.1) is 12.7 Å². The number of benzene rings is 1. The van der Waals surface area contributed by atoms with E-state index < -0.39 is 0 Å². The second-order valence-corrected chi connectivity index (χ2v) is 7.34. The first-order chi connectivity index (χ1) is 11.6. The monoisotopic (exact) mass is 358 g/mol. The molecule has 3 rings (SSSR count). The van der Waals surface area contributed by atoms with Crippen LogP contribution in [0.3, 0.4) is 0 Å². The first kappa shape index (κ1) is 17.1. The Balaban J connectivity index is 1.77. The van der Waals surface area contributed by atoms with Gasteiger partial charge in [0.2, 0.25) is 0 Å². The molecule has 0 saturated carbocycles. The minimum atomic E-state index is 0.174. The Bertz CT molecular complexity index is 820. The third-order valence-electron chi connectivity index (χ3n) is 4.43. The van der Waals surface area contributed by atoms with Crippen LogP contribution in [0.4, 0.5) is 0 Å². The van der Waals surface area contributed by atoms with E-state index in [-0.39, 0.29) is 6.04 Å². The molecular formula is C18H22N4S2. The Hall–Kier alpha value is -1.76. The van der Waals surface area contributed by atoms with Gasteiger partial charge in [-0.1, -0.05) is 36.4 Å². The first-order valence-electron chi connectivity index (χ1n) is 8.00. The molecule has 0 N–H and O–H groups in total. The lowest BCUT2D eigenvalue weighted by Gasteiger charge is -2.23. The van der Waals surface area contributed by atoms with Gasteiger partial charge in [-0.25, -0.2) is 4.68 Å². The summed E-state index contributed by atoms with van der Waals surface area (Å²) in [6, 6.07) is 15.1. The third-order valence-corrected chi connectivity index (χ3v) is 5.89. The van der Waals surface area contributed by atoms with E-state index >= 15 is 0 Å². The predicted molar refractivity (Wildman–Crippen MR) is 102 cm³/mol. The van der Waals surface area contributed by atoms with Crippen LogP contribution in [0, 0.1) is 4.77 Å². The van der Waals surface area contributed by atoms with Gasteiger partial charge in [-0.15, -0.1) is 11.3 Å². The summed E-state index contributed by atoms with van der Waals surface area (Å²) in [6.45, 7) is 5.03. The SMILES string of the molecule is C[C@H](c1ccccc1)n1cnn(CN(C)[C@@H](C)c2cccs2)c1=S. The fraction of sp³-hybridized carbons (Fsp3) is 0.333. The molecule has 0 bridgehead atoms. The largest absolute Gasteiger partial charge is 0.299 e. The van der Waals surface area contributed by atoms with E-state index in [0.717, 1.165) is 4.77 Å². The van der Waals surface area contributed by atoms with E-state index in [2.05, 4.69) is 72.7 Å². The van der Waals surface area contributed by atoms with Gasteiger partial charge < -0.3 is 0 Å². The average molecular weight is 359 g/mol. The Morgan fingerprint density at radius 2 is 1.92 bits per heavy atom. The summed E-state index contributed by atoms with van der Waals surface area (Å²) in [6.07, 6.45) is 1.84. The van der Waals surface area contributed by atoms with Crippen molar-refractivity contribution in [3.8, 4) is 0 Å². The molecule has 1 aromatic carbocycles. The summed E-state index contributed by atoms with van der Waals surface area (Å²) >= 11 is 7.42. The van der Waals surface area contributed by atoms with E-state index in [1.807, 2.05) is 21.6 Å². The third kappa shape index (κ3) is 3.50. The van der Waals surface area contributed by atoms with Crippen LogP contribution in [0.5, 0.6) is 0 Å². The summed E-state index contributed by atoms with van der Waals surface area (Å²) in [7, 11) is 2.10. The highest BCUT2D eigenvalue weighted by molar-refractivity contribution is 7.71. The van der Waals surface area contributed by atoms with Crippen LogP contribution in [0.25, 0.3) is 0 Å². The van der Waals surface area contributed by atoms with Crippen LogP contribution in [-0.2, 0) is 6.67 Å². The number of nitrogens with zero attached hydrogens (tertiary/aromatic N) is 4. The molecule has 0 unspecified atom stereocenters. The minimum Gasteiger partial charge on any atom is -0.299 e. The molecule has 3 aromatic rings. The van der Waals surface area contributed by atoms with Gasteiger partial charge in [0.1, 0.15) is 6.33 Å². The van der Waals surface area contributed by atoms with Gasteiger partial charge in [-0.3, -0.25) is 9.47 Å². The average Bonchev–Trinajstić information content (AvgIpc) is 3.25. The van der Waals surface area contributed by atoms with Crippen molar-refractivity contribution in [3.05, 3.63) is 69.4 Å². The molecule has 0 aliphatic heterocycles. The Morgan fingerprint density at radius 3 is 2.58 bits per heavy atom. The van der Waals surface area contributed by atoms with Crippen LogP contribution in [0.2, 0.25) is 0 Å². The predicted octanol–water partition coefficient (Wildman–Crippen LogP) is 4.74. The lowest BCUT2D eigenvalue weighted by atomic mass is 10.1. The van der Waals surface area contributed by atoms with Crippen molar-refractivity contribution < 1.29 is 0 Å². The van der Waals surface area contributed by atoms with Gasteiger partial charge in [0.25, 0.3) is 0 Å². The lowest BCUT2D eigenvalue weighted by molar-refractivity contribution is 0.196. The maximum absolute atomic E-state index is 5.65. The molecule has 4 nitrogen and oxygen atoms in total. The topological polar surface area (TPSA) is 26.0 Å². The Morgan fingerprint density at radius 1 is 1.17 bits per heavy atom.